The Bertz CT molecular complexity index is 711. The van der Waals surface area contributed by atoms with Gasteiger partial charge in [0.25, 0.3) is 0 Å². The lowest BCUT2D eigenvalue weighted by atomic mass is 10.1. The summed E-state index contributed by atoms with van der Waals surface area (Å²) >= 11 is 4.98. The Morgan fingerprint density at radius 1 is 1.10 bits per heavy atom. The quantitative estimate of drug-likeness (QED) is 0.372. The summed E-state index contributed by atoms with van der Waals surface area (Å²) in [6.45, 7) is 0. The molecule has 0 atom stereocenters. The number of hydrogen-bond donors (Lipinski definition) is 4. The molecule has 7 N–H and O–H groups in total. The second kappa shape index (κ2) is 5.93. The highest BCUT2D eigenvalue weighted by atomic mass is 32.1. The van der Waals surface area contributed by atoms with Gasteiger partial charge >= 0.3 is 0 Å². The van der Waals surface area contributed by atoms with E-state index in [4.69, 9.17) is 29.4 Å². The van der Waals surface area contributed by atoms with E-state index in [0.29, 0.717) is 10.5 Å². The molecule has 0 saturated carbocycles. The van der Waals surface area contributed by atoms with Crippen molar-refractivity contribution in [1.82, 2.24) is 9.97 Å². The number of aliphatic imine (C=N–C) groups is 2. The third-order valence-electron chi connectivity index (χ3n) is 2.34. The first-order chi connectivity index (χ1) is 9.54. The van der Waals surface area contributed by atoms with Gasteiger partial charge in [0.1, 0.15) is 0 Å². The van der Waals surface area contributed by atoms with Crippen LogP contribution in [0.1, 0.15) is 0 Å². The molecule has 1 aromatic carbocycles. The molecule has 0 bridgehead atoms. The zero-order valence-corrected chi connectivity index (χ0v) is 11.3. The summed E-state index contributed by atoms with van der Waals surface area (Å²) < 4.78 is 0.432. The minimum absolute atomic E-state index is 0.000989. The molecule has 1 aromatic heterocycles. The van der Waals surface area contributed by atoms with Crippen LogP contribution in [0.25, 0.3) is 11.3 Å². The number of aromatic nitrogens is 2. The van der Waals surface area contributed by atoms with Gasteiger partial charge in [-0.2, -0.15) is 4.99 Å². The molecule has 0 fully saturated rings. The number of rotatable bonds is 2. The number of hydrogen-bond acceptors (Lipinski definition) is 3. The van der Waals surface area contributed by atoms with Gasteiger partial charge in [-0.3, -0.25) is 0 Å². The van der Waals surface area contributed by atoms with E-state index in [9.17, 15) is 0 Å². The Hall–Kier alpha value is -2.74. The maximum Gasteiger partial charge on any atom is 0.223 e. The molecule has 8 heteroatoms. The number of aromatic amines is 1. The Morgan fingerprint density at radius 3 is 2.40 bits per heavy atom. The molecule has 102 valence electrons. The maximum atomic E-state index is 5.55. The first kappa shape index (κ1) is 13.7. The predicted molar refractivity (Wildman–Crippen MR) is 81.9 cm³/mol. The Morgan fingerprint density at radius 2 is 1.80 bits per heavy atom. The van der Waals surface area contributed by atoms with Crippen molar-refractivity contribution in [2.24, 2.45) is 27.2 Å². The largest absolute Gasteiger partial charge is 0.370 e. The van der Waals surface area contributed by atoms with Crippen molar-refractivity contribution >= 4 is 29.8 Å². The first-order valence-electron chi connectivity index (χ1n) is 5.64. The van der Waals surface area contributed by atoms with Crippen LogP contribution in [0.5, 0.6) is 0 Å². The molecular formula is C12H13N7S. The van der Waals surface area contributed by atoms with Crippen LogP contribution in [0.3, 0.4) is 0 Å². The van der Waals surface area contributed by atoms with Crippen LogP contribution in [-0.4, -0.2) is 21.9 Å². The fourth-order valence-electron chi connectivity index (χ4n) is 1.54. The molecule has 0 aliphatic carbocycles. The van der Waals surface area contributed by atoms with E-state index < -0.39 is 0 Å². The third-order valence-corrected chi connectivity index (χ3v) is 2.55. The van der Waals surface area contributed by atoms with Gasteiger partial charge in [0.15, 0.2) is 10.7 Å². The number of nitrogens with two attached hydrogens (primary N) is 3. The van der Waals surface area contributed by atoms with Crippen molar-refractivity contribution in [3.8, 4) is 11.3 Å². The van der Waals surface area contributed by atoms with E-state index in [0.717, 1.165) is 11.3 Å². The third kappa shape index (κ3) is 3.62. The number of benzene rings is 1. The minimum Gasteiger partial charge on any atom is -0.370 e. The van der Waals surface area contributed by atoms with Gasteiger partial charge in [-0.25, -0.2) is 9.98 Å². The zero-order valence-electron chi connectivity index (χ0n) is 10.4. The summed E-state index contributed by atoms with van der Waals surface area (Å²) in [6, 6.07) is 9.18. The summed E-state index contributed by atoms with van der Waals surface area (Å²) in [5.41, 5.74) is 18.4. The zero-order chi connectivity index (χ0) is 14.5. The van der Waals surface area contributed by atoms with Gasteiger partial charge in [0.2, 0.25) is 5.96 Å². The first-order valence-corrected chi connectivity index (χ1v) is 6.05. The SMILES string of the molecule is NC(N)=NC(N)=Nc1ccc(-c2ccnc(=S)[nH]2)cc1. The molecule has 1 heterocycles. The highest BCUT2D eigenvalue weighted by Crippen LogP contribution is 2.20. The number of nitrogens with zero attached hydrogens (tertiary/aromatic N) is 3. The molecule has 0 radical (unpaired) electrons. The van der Waals surface area contributed by atoms with Gasteiger partial charge in [-0.05, 0) is 36.0 Å². The van der Waals surface area contributed by atoms with Crippen LogP contribution in [0.4, 0.5) is 5.69 Å². The maximum absolute atomic E-state index is 5.55. The van der Waals surface area contributed by atoms with E-state index >= 15 is 0 Å². The average molecular weight is 287 g/mol. The van der Waals surface area contributed by atoms with Crippen LogP contribution in [-0.2, 0) is 0 Å². The van der Waals surface area contributed by atoms with Crippen LogP contribution in [0, 0.1) is 4.77 Å². The van der Waals surface area contributed by atoms with E-state index in [1.807, 2.05) is 18.2 Å². The van der Waals surface area contributed by atoms with Gasteiger partial charge in [0, 0.05) is 11.9 Å². The molecule has 0 spiro atoms. The van der Waals surface area contributed by atoms with Crippen molar-refractivity contribution < 1.29 is 0 Å². The molecule has 2 rings (SSSR count). The Labute approximate surface area is 120 Å². The lowest BCUT2D eigenvalue weighted by molar-refractivity contribution is 1.14. The fourth-order valence-corrected chi connectivity index (χ4v) is 1.71. The summed E-state index contributed by atoms with van der Waals surface area (Å²) in [4.78, 5) is 14.6. The van der Waals surface area contributed by atoms with Crippen LogP contribution in [0.15, 0.2) is 46.5 Å². The molecule has 0 saturated heterocycles. The van der Waals surface area contributed by atoms with Crippen LogP contribution >= 0.6 is 12.2 Å². The summed E-state index contributed by atoms with van der Waals surface area (Å²) in [7, 11) is 0. The molecule has 2 aromatic rings. The summed E-state index contributed by atoms with van der Waals surface area (Å²) in [5, 5.41) is 0. The highest BCUT2D eigenvalue weighted by molar-refractivity contribution is 7.71. The topological polar surface area (TPSA) is 131 Å². The number of nitrogens with one attached hydrogen (secondary N) is 1. The van der Waals surface area contributed by atoms with E-state index in [-0.39, 0.29) is 11.9 Å². The molecule has 20 heavy (non-hydrogen) atoms. The summed E-state index contributed by atoms with van der Waals surface area (Å²) in [5.74, 6) is -0.131. The van der Waals surface area contributed by atoms with Gasteiger partial charge in [-0.15, -0.1) is 0 Å². The monoisotopic (exact) mass is 287 g/mol. The lowest BCUT2D eigenvalue weighted by Gasteiger charge is -2.02. The van der Waals surface area contributed by atoms with Gasteiger partial charge in [0.05, 0.1) is 5.69 Å². The summed E-state index contributed by atoms with van der Waals surface area (Å²) in [6.07, 6.45) is 1.65. The van der Waals surface area contributed by atoms with Crippen LogP contribution < -0.4 is 17.2 Å². The van der Waals surface area contributed by atoms with Gasteiger partial charge < -0.3 is 22.2 Å². The van der Waals surface area contributed by atoms with E-state index in [1.165, 1.54) is 0 Å². The van der Waals surface area contributed by atoms with E-state index in [2.05, 4.69) is 20.0 Å². The molecular weight excluding hydrogens is 274 g/mol. The molecule has 0 aliphatic heterocycles. The molecule has 0 aliphatic rings. The van der Waals surface area contributed by atoms with Crippen LogP contribution in [0.2, 0.25) is 0 Å². The normalized spacial score (nSPS) is 11.1. The highest BCUT2D eigenvalue weighted by Gasteiger charge is 1.98. The molecule has 0 unspecified atom stereocenters. The van der Waals surface area contributed by atoms with Gasteiger partial charge in [-0.1, -0.05) is 12.1 Å². The average Bonchev–Trinajstić information content (AvgIpc) is 2.38. The number of guanidine groups is 2. The smallest absolute Gasteiger partial charge is 0.223 e. The van der Waals surface area contributed by atoms with E-state index in [1.54, 1.807) is 18.3 Å². The lowest BCUT2D eigenvalue weighted by Crippen LogP contribution is -2.26. The fraction of sp³-hybridized carbons (Fsp3) is 0. The second-order valence-electron chi connectivity index (χ2n) is 3.84. The number of H-pyrrole nitrogens is 1. The minimum atomic E-state index is -0.132. The molecule has 7 nitrogen and oxygen atoms in total. The molecule has 0 amide bonds. The van der Waals surface area contributed by atoms with Crippen molar-refractivity contribution in [3.05, 3.63) is 41.3 Å². The predicted octanol–water partition coefficient (Wildman–Crippen LogP) is 1.03. The van der Waals surface area contributed by atoms with Crippen molar-refractivity contribution in [1.29, 1.82) is 0 Å². The second-order valence-corrected chi connectivity index (χ2v) is 4.23. The van der Waals surface area contributed by atoms with Crippen molar-refractivity contribution in [2.45, 2.75) is 0 Å². The van der Waals surface area contributed by atoms with Crippen molar-refractivity contribution in [2.75, 3.05) is 0 Å². The Balaban J connectivity index is 2.27. The Kier molecular flexibility index (Phi) is 4.06. The van der Waals surface area contributed by atoms with Crippen molar-refractivity contribution in [3.63, 3.8) is 0 Å². The standard InChI is InChI=1S/C12H13N7S/c13-10(14)19-11(15)17-8-3-1-7(2-4-8)9-5-6-16-12(20)18-9/h1-6H,(H,16,18,20)(H6,13,14,15,17,19).